The molecule has 1 unspecified atom stereocenters. The summed E-state index contributed by atoms with van der Waals surface area (Å²) in [6.07, 6.45) is 3.02. The van der Waals surface area contributed by atoms with E-state index in [1.165, 1.54) is 12.2 Å². The van der Waals surface area contributed by atoms with Crippen LogP contribution in [0, 0.1) is 5.41 Å². The standard InChI is InChI=1S/C16H19ClN2S/c1-16(2)8-13(9-20-10-16)19-14-7-12(17)6-11-4-3-5-18-15(11)14/h3-7,13,19H,8-10H2,1-2H3. The summed E-state index contributed by atoms with van der Waals surface area (Å²) in [4.78, 5) is 4.50. The van der Waals surface area contributed by atoms with Gasteiger partial charge in [-0.2, -0.15) is 11.8 Å². The van der Waals surface area contributed by atoms with Crippen molar-refractivity contribution in [2.75, 3.05) is 16.8 Å². The van der Waals surface area contributed by atoms with Crippen LogP contribution in [0.2, 0.25) is 5.02 Å². The lowest BCUT2D eigenvalue weighted by Crippen LogP contribution is -2.35. The Balaban J connectivity index is 1.90. The molecule has 1 aliphatic heterocycles. The zero-order chi connectivity index (χ0) is 14.2. The summed E-state index contributed by atoms with van der Waals surface area (Å²) in [5.74, 6) is 2.38. The number of benzene rings is 1. The SMILES string of the molecule is CC1(C)CSCC(Nc2cc(Cl)cc3cccnc23)C1. The normalized spacial score (nSPS) is 21.9. The van der Waals surface area contributed by atoms with Gasteiger partial charge >= 0.3 is 0 Å². The van der Waals surface area contributed by atoms with Crippen molar-refractivity contribution in [2.24, 2.45) is 5.41 Å². The smallest absolute Gasteiger partial charge is 0.0934 e. The molecular weight excluding hydrogens is 288 g/mol. The molecule has 1 aromatic carbocycles. The number of hydrogen-bond acceptors (Lipinski definition) is 3. The Bertz CT molecular complexity index is 627. The van der Waals surface area contributed by atoms with Gasteiger partial charge in [-0.25, -0.2) is 0 Å². The van der Waals surface area contributed by atoms with Crippen molar-refractivity contribution in [1.82, 2.24) is 4.98 Å². The van der Waals surface area contributed by atoms with Gasteiger partial charge in [-0.15, -0.1) is 0 Å². The van der Waals surface area contributed by atoms with Crippen molar-refractivity contribution in [1.29, 1.82) is 0 Å². The highest BCUT2D eigenvalue weighted by atomic mass is 35.5. The molecule has 2 heterocycles. The van der Waals surface area contributed by atoms with Crippen molar-refractivity contribution < 1.29 is 0 Å². The third kappa shape index (κ3) is 3.04. The number of anilines is 1. The van der Waals surface area contributed by atoms with Gasteiger partial charge < -0.3 is 5.32 Å². The van der Waals surface area contributed by atoms with E-state index in [9.17, 15) is 0 Å². The highest BCUT2D eigenvalue weighted by Gasteiger charge is 2.28. The molecule has 20 heavy (non-hydrogen) atoms. The molecule has 0 radical (unpaired) electrons. The lowest BCUT2D eigenvalue weighted by Gasteiger charge is -2.35. The minimum Gasteiger partial charge on any atom is -0.380 e. The van der Waals surface area contributed by atoms with E-state index >= 15 is 0 Å². The maximum absolute atomic E-state index is 6.22. The summed E-state index contributed by atoms with van der Waals surface area (Å²) >= 11 is 8.25. The molecule has 1 aromatic heterocycles. The van der Waals surface area contributed by atoms with Crippen molar-refractivity contribution in [3.8, 4) is 0 Å². The Morgan fingerprint density at radius 1 is 1.40 bits per heavy atom. The van der Waals surface area contributed by atoms with Crippen molar-refractivity contribution >= 4 is 40.0 Å². The highest BCUT2D eigenvalue weighted by molar-refractivity contribution is 7.99. The van der Waals surface area contributed by atoms with E-state index in [4.69, 9.17) is 11.6 Å². The quantitative estimate of drug-likeness (QED) is 0.860. The van der Waals surface area contributed by atoms with Crippen LogP contribution in [-0.4, -0.2) is 22.5 Å². The number of fused-ring (bicyclic) bond motifs is 1. The summed E-state index contributed by atoms with van der Waals surface area (Å²) in [5.41, 5.74) is 2.45. The van der Waals surface area contributed by atoms with E-state index in [0.717, 1.165) is 27.4 Å². The van der Waals surface area contributed by atoms with Gasteiger partial charge in [0.25, 0.3) is 0 Å². The van der Waals surface area contributed by atoms with Crippen LogP contribution in [0.15, 0.2) is 30.5 Å². The number of nitrogens with zero attached hydrogens (tertiary/aromatic N) is 1. The monoisotopic (exact) mass is 306 g/mol. The number of thioether (sulfide) groups is 1. The Morgan fingerprint density at radius 2 is 2.25 bits per heavy atom. The van der Waals surface area contributed by atoms with Crippen molar-refractivity contribution in [2.45, 2.75) is 26.3 Å². The van der Waals surface area contributed by atoms with Gasteiger partial charge in [0.2, 0.25) is 0 Å². The number of nitrogens with one attached hydrogen (secondary N) is 1. The summed E-state index contributed by atoms with van der Waals surface area (Å²) in [6, 6.07) is 8.44. The fourth-order valence-corrected chi connectivity index (χ4v) is 4.34. The molecule has 1 fully saturated rings. The van der Waals surface area contributed by atoms with Gasteiger partial charge in [-0.05, 0) is 35.8 Å². The molecule has 3 rings (SSSR count). The van der Waals surface area contributed by atoms with Gasteiger partial charge in [0, 0.05) is 28.4 Å². The second kappa shape index (κ2) is 5.45. The minimum atomic E-state index is 0.391. The first kappa shape index (κ1) is 14.0. The van der Waals surface area contributed by atoms with Crippen LogP contribution >= 0.6 is 23.4 Å². The maximum atomic E-state index is 6.22. The Hall–Kier alpha value is -0.930. The first-order chi connectivity index (χ1) is 9.53. The molecule has 1 atom stereocenters. The molecule has 0 saturated carbocycles. The van der Waals surface area contributed by atoms with Crippen LogP contribution in [0.5, 0.6) is 0 Å². The molecule has 0 spiro atoms. The Labute approximate surface area is 129 Å². The van der Waals surface area contributed by atoms with Crippen LogP contribution in [0.3, 0.4) is 0 Å². The maximum Gasteiger partial charge on any atom is 0.0934 e. The lowest BCUT2D eigenvalue weighted by molar-refractivity contribution is 0.358. The molecule has 106 valence electrons. The molecule has 0 amide bonds. The van der Waals surface area contributed by atoms with E-state index in [2.05, 4.69) is 30.2 Å². The molecule has 4 heteroatoms. The number of rotatable bonds is 2. The van der Waals surface area contributed by atoms with E-state index in [-0.39, 0.29) is 0 Å². The summed E-state index contributed by atoms with van der Waals surface area (Å²) < 4.78 is 0. The minimum absolute atomic E-state index is 0.391. The molecule has 1 saturated heterocycles. The first-order valence-electron chi connectivity index (χ1n) is 6.92. The summed E-state index contributed by atoms with van der Waals surface area (Å²) in [6.45, 7) is 4.67. The lowest BCUT2D eigenvalue weighted by atomic mass is 9.87. The zero-order valence-corrected chi connectivity index (χ0v) is 13.4. The van der Waals surface area contributed by atoms with E-state index in [0.29, 0.717) is 11.5 Å². The molecule has 1 aliphatic rings. The van der Waals surface area contributed by atoms with Crippen molar-refractivity contribution in [3.05, 3.63) is 35.5 Å². The number of pyridine rings is 1. The first-order valence-corrected chi connectivity index (χ1v) is 8.45. The van der Waals surface area contributed by atoms with E-state index in [1.54, 1.807) is 0 Å². The summed E-state index contributed by atoms with van der Waals surface area (Å²) in [7, 11) is 0. The van der Waals surface area contributed by atoms with Crippen LogP contribution < -0.4 is 5.32 Å². The second-order valence-electron chi connectivity index (χ2n) is 6.25. The number of halogens is 1. The Kier molecular flexibility index (Phi) is 3.83. The second-order valence-corrected chi connectivity index (χ2v) is 7.72. The third-order valence-electron chi connectivity index (χ3n) is 3.64. The van der Waals surface area contributed by atoms with Crippen LogP contribution in [0.1, 0.15) is 20.3 Å². The molecule has 2 aromatic rings. The van der Waals surface area contributed by atoms with Gasteiger partial charge in [-0.1, -0.05) is 31.5 Å². The molecule has 0 aliphatic carbocycles. The number of aromatic nitrogens is 1. The van der Waals surface area contributed by atoms with Crippen LogP contribution in [0.25, 0.3) is 10.9 Å². The fourth-order valence-electron chi connectivity index (χ4n) is 2.84. The van der Waals surface area contributed by atoms with Crippen molar-refractivity contribution in [3.63, 3.8) is 0 Å². The fraction of sp³-hybridized carbons (Fsp3) is 0.438. The average Bonchev–Trinajstić information content (AvgIpc) is 2.37. The van der Waals surface area contributed by atoms with E-state index < -0.39 is 0 Å². The van der Waals surface area contributed by atoms with Crippen LogP contribution in [0.4, 0.5) is 5.69 Å². The average molecular weight is 307 g/mol. The number of hydrogen-bond donors (Lipinski definition) is 1. The largest absolute Gasteiger partial charge is 0.380 e. The molecule has 0 bridgehead atoms. The Morgan fingerprint density at radius 3 is 3.05 bits per heavy atom. The molecule has 1 N–H and O–H groups in total. The predicted molar refractivity (Wildman–Crippen MR) is 89.9 cm³/mol. The van der Waals surface area contributed by atoms with Gasteiger partial charge in [0.05, 0.1) is 11.2 Å². The topological polar surface area (TPSA) is 24.9 Å². The molecule has 2 nitrogen and oxygen atoms in total. The third-order valence-corrected chi connectivity index (χ3v) is 5.48. The van der Waals surface area contributed by atoms with Gasteiger partial charge in [-0.3, -0.25) is 4.98 Å². The molecular formula is C16H19ClN2S. The van der Waals surface area contributed by atoms with Crippen LogP contribution in [-0.2, 0) is 0 Å². The van der Waals surface area contributed by atoms with E-state index in [1.807, 2.05) is 36.2 Å². The predicted octanol–water partition coefficient (Wildman–Crippen LogP) is 4.83. The zero-order valence-electron chi connectivity index (χ0n) is 11.8. The van der Waals surface area contributed by atoms with Gasteiger partial charge in [0.1, 0.15) is 0 Å². The summed E-state index contributed by atoms with van der Waals surface area (Å²) in [5, 5.41) is 5.50. The highest BCUT2D eigenvalue weighted by Crippen LogP contribution is 2.36. The van der Waals surface area contributed by atoms with Gasteiger partial charge in [0.15, 0.2) is 0 Å².